The Hall–Kier alpha value is -0.935. The van der Waals surface area contributed by atoms with Crippen LogP contribution >= 0.6 is 0 Å². The predicted octanol–water partition coefficient (Wildman–Crippen LogP) is -0.147. The van der Waals surface area contributed by atoms with Crippen molar-refractivity contribution in [1.29, 1.82) is 0 Å². The first kappa shape index (κ1) is 4.06. The third-order valence-corrected chi connectivity index (χ3v) is 1.31. The second-order valence-electron chi connectivity index (χ2n) is 2.23. The van der Waals surface area contributed by atoms with Crippen molar-refractivity contribution in [1.82, 2.24) is 4.98 Å². The molecule has 0 atom stereocenters. The van der Waals surface area contributed by atoms with Crippen LogP contribution in [-0.2, 0) is 6.37 Å². The largest absolute Gasteiger partial charge is 0.488 e. The molecule has 0 saturated heterocycles. The van der Waals surface area contributed by atoms with Crippen LogP contribution in [0.2, 0.25) is 0 Å². The lowest BCUT2D eigenvalue weighted by molar-refractivity contribution is 0.425. The smallest absolute Gasteiger partial charge is 0.423 e. The first-order valence-electron chi connectivity index (χ1n) is 6.85. The summed E-state index contributed by atoms with van der Waals surface area (Å²) in [5.74, 6) is -1.28. The zero-order valence-electron chi connectivity index (χ0n) is 13.5. The van der Waals surface area contributed by atoms with Gasteiger partial charge in [0.1, 0.15) is 0 Å². The molecule has 0 aliphatic carbocycles. The molecule has 1 heterocycles. The van der Waals surface area contributed by atoms with Crippen molar-refractivity contribution >= 4 is 12.6 Å². The lowest BCUT2D eigenvalue weighted by Crippen LogP contribution is -2.31. The summed E-state index contributed by atoms with van der Waals surface area (Å²) >= 11 is 0. The topological polar surface area (TPSA) is 53.4 Å². The molecule has 0 radical (unpaired) electrons. The number of hydrogen-bond acceptors (Lipinski definition) is 3. The van der Waals surface area contributed by atoms with Crippen molar-refractivity contribution in [2.24, 2.45) is 0 Å². The van der Waals surface area contributed by atoms with Crippen LogP contribution in [0.5, 0.6) is 0 Å². The second-order valence-corrected chi connectivity index (χ2v) is 2.23. The molecule has 5 heteroatoms. The fourth-order valence-corrected chi connectivity index (χ4v) is 0.794. The Kier molecular flexibility index (Phi) is 1.36. The van der Waals surface area contributed by atoms with E-state index in [2.05, 4.69) is 4.98 Å². The molecule has 0 aliphatic rings. The molecule has 3 nitrogen and oxygen atoms in total. The predicted molar refractivity (Wildman–Crippen MR) is 48.0 cm³/mol. The number of nitrogens with zero attached hydrogens (tertiary/aromatic N) is 1. The van der Waals surface area contributed by atoms with Crippen LogP contribution in [0.25, 0.3) is 0 Å². The van der Waals surface area contributed by atoms with Gasteiger partial charge >= 0.3 is 7.12 Å². The maximum atomic E-state index is 13.2. The Morgan fingerprint density at radius 1 is 1.69 bits per heavy atom. The van der Waals surface area contributed by atoms with E-state index in [0.29, 0.717) is 12.1 Å². The van der Waals surface area contributed by atoms with Gasteiger partial charge in [-0.25, -0.2) is 4.98 Å². The third kappa shape index (κ3) is 2.79. The molecule has 13 heavy (non-hydrogen) atoms. The Balaban J connectivity index is 3.42. The number of aryl methyl sites for hydroxylation is 1. The van der Waals surface area contributed by atoms with Crippen molar-refractivity contribution < 1.29 is 24.0 Å². The van der Waals surface area contributed by atoms with Gasteiger partial charge in [0.05, 0.1) is 0 Å². The SMILES string of the molecule is [2H]C([2H])([2H])C([2H])([2H])C([2H])([2H])c1cc(B(O)O)cc(F)n1. The van der Waals surface area contributed by atoms with E-state index in [4.69, 9.17) is 19.6 Å². The lowest BCUT2D eigenvalue weighted by atomic mass is 9.80. The highest BCUT2D eigenvalue weighted by Gasteiger charge is 2.13. The fourth-order valence-electron chi connectivity index (χ4n) is 0.794. The van der Waals surface area contributed by atoms with Crippen LogP contribution < -0.4 is 5.46 Å². The van der Waals surface area contributed by atoms with Gasteiger partial charge < -0.3 is 10.0 Å². The highest BCUT2D eigenvalue weighted by atomic mass is 19.1. The number of halogens is 1. The van der Waals surface area contributed by atoms with Gasteiger partial charge in [-0.05, 0) is 24.0 Å². The van der Waals surface area contributed by atoms with Gasteiger partial charge in [-0.15, -0.1) is 0 Å². The summed E-state index contributed by atoms with van der Waals surface area (Å²) in [7, 11) is -2.12. The molecule has 0 fully saturated rings. The number of hydrogen-bond donors (Lipinski definition) is 2. The standard InChI is InChI=1S/C8H11BFNO2/c1-2-3-7-4-6(9(12)13)5-8(10)11-7/h4-5,12-13H,2-3H2,1H3/i1D3,2D2,3D2. The fraction of sp³-hybridized carbons (Fsp3) is 0.375. The molecule has 1 aromatic heterocycles. The molecule has 1 aromatic rings. The average molecular weight is 190 g/mol. The second kappa shape index (κ2) is 4.34. The van der Waals surface area contributed by atoms with Crippen LogP contribution in [0.3, 0.4) is 0 Å². The highest BCUT2D eigenvalue weighted by Crippen LogP contribution is 1.99. The minimum atomic E-state index is -3.35. The van der Waals surface area contributed by atoms with Crippen LogP contribution in [0, 0.1) is 5.95 Å². The van der Waals surface area contributed by atoms with Gasteiger partial charge in [0.15, 0.2) is 0 Å². The molecule has 0 spiro atoms. The first-order valence-corrected chi connectivity index (χ1v) is 3.35. The molecule has 2 N–H and O–H groups in total. The summed E-state index contributed by atoms with van der Waals surface area (Å²) in [4.78, 5) is 3.11. The molecule has 70 valence electrons. The Morgan fingerprint density at radius 2 is 2.46 bits per heavy atom. The summed E-state index contributed by atoms with van der Waals surface area (Å²) in [6, 6.07) is 1.33. The van der Waals surface area contributed by atoms with Gasteiger partial charge in [-0.3, -0.25) is 0 Å². The molecular formula is C8H11BFNO2. The minimum absolute atomic E-state index is 0.460. The van der Waals surface area contributed by atoms with Gasteiger partial charge in [-0.1, -0.05) is 13.2 Å². The summed E-state index contributed by atoms with van der Waals surface area (Å²) in [6.07, 6.45) is -6.51. The van der Waals surface area contributed by atoms with E-state index in [1.165, 1.54) is 0 Å². The van der Waals surface area contributed by atoms with E-state index in [0.717, 1.165) is 0 Å². The Bertz CT molecular complexity index is 508. The monoisotopic (exact) mass is 190 g/mol. The van der Waals surface area contributed by atoms with Gasteiger partial charge in [0.2, 0.25) is 5.95 Å². The third-order valence-electron chi connectivity index (χ3n) is 1.31. The van der Waals surface area contributed by atoms with Crippen LogP contribution in [0.4, 0.5) is 4.39 Å². The van der Waals surface area contributed by atoms with E-state index < -0.39 is 43.8 Å². The maximum absolute atomic E-state index is 13.2. The maximum Gasteiger partial charge on any atom is 0.488 e. The minimum Gasteiger partial charge on any atom is -0.423 e. The summed E-state index contributed by atoms with van der Waals surface area (Å²) < 4.78 is 64.3. The van der Waals surface area contributed by atoms with E-state index >= 15 is 0 Å². The average Bonchev–Trinajstić information content (AvgIpc) is 2.26. The Labute approximate surface area is 86.2 Å². The van der Waals surface area contributed by atoms with Crippen molar-refractivity contribution in [3.05, 3.63) is 23.8 Å². The zero-order valence-corrected chi connectivity index (χ0v) is 6.45. The first-order chi connectivity index (χ1) is 8.80. The number of aromatic nitrogens is 1. The van der Waals surface area contributed by atoms with Gasteiger partial charge in [0, 0.05) is 15.3 Å². The summed E-state index contributed by atoms with van der Waals surface area (Å²) in [5, 5.41) is 17.9. The summed E-state index contributed by atoms with van der Waals surface area (Å²) in [6.45, 7) is -3.32. The molecular weight excluding hydrogens is 172 g/mol. The molecule has 0 unspecified atom stereocenters. The van der Waals surface area contributed by atoms with Crippen LogP contribution in [0.1, 0.15) is 28.5 Å². The van der Waals surface area contributed by atoms with Crippen molar-refractivity contribution in [3.63, 3.8) is 0 Å². The lowest BCUT2D eigenvalue weighted by Gasteiger charge is -2.02. The highest BCUT2D eigenvalue weighted by molar-refractivity contribution is 6.58. The van der Waals surface area contributed by atoms with Crippen molar-refractivity contribution in [2.75, 3.05) is 0 Å². The molecule has 0 bridgehead atoms. The van der Waals surface area contributed by atoms with E-state index in [-0.39, 0.29) is 0 Å². The Morgan fingerprint density at radius 3 is 3.08 bits per heavy atom. The van der Waals surface area contributed by atoms with E-state index in [9.17, 15) is 4.39 Å². The van der Waals surface area contributed by atoms with Gasteiger partial charge in [-0.2, -0.15) is 4.39 Å². The van der Waals surface area contributed by atoms with Crippen molar-refractivity contribution in [2.45, 2.75) is 19.6 Å². The van der Waals surface area contributed by atoms with Gasteiger partial charge in [0.25, 0.3) is 0 Å². The number of rotatable bonds is 3. The van der Waals surface area contributed by atoms with Crippen LogP contribution in [-0.4, -0.2) is 22.2 Å². The molecule has 0 aromatic carbocycles. The van der Waals surface area contributed by atoms with Crippen LogP contribution in [0.15, 0.2) is 12.1 Å². The van der Waals surface area contributed by atoms with E-state index in [1.54, 1.807) is 0 Å². The molecule has 1 rings (SSSR count). The zero-order chi connectivity index (χ0) is 15.9. The molecule has 0 aliphatic heterocycles. The molecule has 0 amide bonds. The normalized spacial score (nSPS) is 21.3. The van der Waals surface area contributed by atoms with E-state index in [1.807, 2.05) is 0 Å². The number of pyridine rings is 1. The quantitative estimate of drug-likeness (QED) is 0.514. The molecule has 0 saturated carbocycles. The summed E-state index contributed by atoms with van der Waals surface area (Å²) in [5.41, 5.74) is -1.33. The van der Waals surface area contributed by atoms with Crippen molar-refractivity contribution in [3.8, 4) is 0 Å².